The first-order chi connectivity index (χ1) is 11.1. The highest BCUT2D eigenvalue weighted by Gasteiger charge is 2.20. The molecule has 0 atom stereocenters. The number of nitrogens with one attached hydrogen (secondary N) is 1. The maximum Gasteiger partial charge on any atom is 0.316 e. The summed E-state index contributed by atoms with van der Waals surface area (Å²) in [5.74, 6) is -6.11. The van der Waals surface area contributed by atoms with Crippen LogP contribution in [0.25, 0.3) is 11.5 Å². The molecule has 0 aliphatic heterocycles. The van der Waals surface area contributed by atoms with E-state index in [0.29, 0.717) is 6.07 Å². The van der Waals surface area contributed by atoms with Crippen molar-refractivity contribution in [2.45, 2.75) is 0 Å². The molecule has 10 heteroatoms. The molecule has 3 rings (SSSR count). The summed E-state index contributed by atoms with van der Waals surface area (Å²) in [6.45, 7) is 0. The van der Waals surface area contributed by atoms with Gasteiger partial charge in [-0.15, -0.1) is 0 Å². The third-order valence-electron chi connectivity index (χ3n) is 2.70. The Morgan fingerprint density at radius 2 is 1.96 bits per heavy atom. The van der Waals surface area contributed by atoms with Gasteiger partial charge in [-0.1, -0.05) is 5.16 Å². The van der Waals surface area contributed by atoms with Gasteiger partial charge in [-0.3, -0.25) is 9.78 Å². The molecule has 116 valence electrons. The minimum absolute atomic E-state index is 0.00555. The van der Waals surface area contributed by atoms with Gasteiger partial charge >= 0.3 is 11.8 Å². The zero-order valence-electron chi connectivity index (χ0n) is 11.1. The van der Waals surface area contributed by atoms with E-state index in [2.05, 4.69) is 20.1 Å². The van der Waals surface area contributed by atoms with Crippen LogP contribution in [0.5, 0.6) is 0 Å². The van der Waals surface area contributed by atoms with Crippen molar-refractivity contribution in [1.29, 1.82) is 0 Å². The highest BCUT2D eigenvalue weighted by Crippen LogP contribution is 2.20. The number of carbonyl (C=O) groups excluding carboxylic acids is 1. The summed E-state index contributed by atoms with van der Waals surface area (Å²) in [7, 11) is 0. The third kappa shape index (κ3) is 2.86. The van der Waals surface area contributed by atoms with Crippen molar-refractivity contribution >= 4 is 11.6 Å². The van der Waals surface area contributed by atoms with Gasteiger partial charge in [0.15, 0.2) is 17.5 Å². The van der Waals surface area contributed by atoms with E-state index in [-0.39, 0.29) is 11.5 Å². The molecular weight excluding hydrogens is 315 g/mol. The standard InChI is InChI=1S/C13H6F3N5O2/c14-6-1-2-7(10(16)9(6)15)19-12(22)13-20-11(21-23-13)8-5-17-3-4-18-8/h1-5H,(H,19,22). The summed E-state index contributed by atoms with van der Waals surface area (Å²) < 4.78 is 44.1. The second-order valence-electron chi connectivity index (χ2n) is 4.19. The van der Waals surface area contributed by atoms with Crippen LogP contribution in [0.3, 0.4) is 0 Å². The van der Waals surface area contributed by atoms with E-state index < -0.39 is 34.9 Å². The normalized spacial score (nSPS) is 10.6. The van der Waals surface area contributed by atoms with Crippen LogP contribution in [0, 0.1) is 17.5 Å². The molecule has 2 heterocycles. The van der Waals surface area contributed by atoms with Crippen molar-refractivity contribution in [1.82, 2.24) is 20.1 Å². The lowest BCUT2D eigenvalue weighted by Gasteiger charge is -2.04. The first kappa shape index (κ1) is 14.6. The highest BCUT2D eigenvalue weighted by molar-refractivity contribution is 6.01. The molecule has 7 nitrogen and oxygen atoms in total. The summed E-state index contributed by atoms with van der Waals surface area (Å²) >= 11 is 0. The molecule has 0 spiro atoms. The summed E-state index contributed by atoms with van der Waals surface area (Å²) in [5, 5.41) is 5.53. The summed E-state index contributed by atoms with van der Waals surface area (Å²) in [5.41, 5.74) is -0.303. The van der Waals surface area contributed by atoms with E-state index in [0.717, 1.165) is 6.07 Å². The van der Waals surface area contributed by atoms with Gasteiger partial charge in [-0.05, 0) is 12.1 Å². The number of anilines is 1. The van der Waals surface area contributed by atoms with E-state index in [9.17, 15) is 18.0 Å². The first-order valence-corrected chi connectivity index (χ1v) is 6.11. The number of nitrogens with zero attached hydrogens (tertiary/aromatic N) is 4. The van der Waals surface area contributed by atoms with Crippen molar-refractivity contribution in [2.24, 2.45) is 0 Å². The van der Waals surface area contributed by atoms with E-state index in [4.69, 9.17) is 4.52 Å². The Morgan fingerprint density at radius 3 is 2.70 bits per heavy atom. The molecule has 23 heavy (non-hydrogen) atoms. The number of hydrogen-bond acceptors (Lipinski definition) is 6. The molecule has 1 aromatic carbocycles. The first-order valence-electron chi connectivity index (χ1n) is 6.11. The summed E-state index contributed by atoms with van der Waals surface area (Å²) in [6.07, 6.45) is 4.17. The molecule has 1 N–H and O–H groups in total. The SMILES string of the molecule is O=C(Nc1ccc(F)c(F)c1F)c1nc(-c2cnccn2)no1. The van der Waals surface area contributed by atoms with Crippen molar-refractivity contribution < 1.29 is 22.5 Å². The lowest BCUT2D eigenvalue weighted by atomic mass is 10.2. The van der Waals surface area contributed by atoms with Gasteiger partial charge in [0, 0.05) is 12.4 Å². The molecule has 0 fully saturated rings. The second-order valence-corrected chi connectivity index (χ2v) is 4.19. The smallest absolute Gasteiger partial charge is 0.316 e. The quantitative estimate of drug-likeness (QED) is 0.743. The van der Waals surface area contributed by atoms with Gasteiger partial charge in [0.2, 0.25) is 5.82 Å². The molecule has 3 aromatic rings. The molecule has 0 aliphatic carbocycles. The number of aromatic nitrogens is 4. The summed E-state index contributed by atoms with van der Waals surface area (Å²) in [6, 6.07) is 1.54. The Labute approximate surface area is 126 Å². The van der Waals surface area contributed by atoms with Gasteiger partial charge in [-0.25, -0.2) is 18.2 Å². The predicted octanol–water partition coefficient (Wildman–Crippen LogP) is 2.20. The molecule has 0 unspecified atom stereocenters. The molecular formula is C13H6F3N5O2. The number of rotatable bonds is 3. The van der Waals surface area contributed by atoms with Crippen molar-refractivity contribution in [2.75, 3.05) is 5.32 Å². The molecule has 0 aliphatic rings. The van der Waals surface area contributed by atoms with E-state index in [1.54, 1.807) is 0 Å². The maximum atomic E-state index is 13.5. The van der Waals surface area contributed by atoms with Crippen LogP contribution in [0.4, 0.5) is 18.9 Å². The molecule has 0 saturated heterocycles. The fourth-order valence-electron chi connectivity index (χ4n) is 1.63. The maximum absolute atomic E-state index is 13.5. The van der Waals surface area contributed by atoms with Crippen molar-refractivity contribution in [3.05, 3.63) is 54.1 Å². The molecule has 2 aromatic heterocycles. The van der Waals surface area contributed by atoms with Crippen molar-refractivity contribution in [3.8, 4) is 11.5 Å². The minimum Gasteiger partial charge on any atom is -0.328 e. The zero-order valence-corrected chi connectivity index (χ0v) is 11.1. The lowest BCUT2D eigenvalue weighted by molar-refractivity contribution is 0.0981. The van der Waals surface area contributed by atoms with Crippen LogP contribution in [0.2, 0.25) is 0 Å². The number of halogens is 3. The van der Waals surface area contributed by atoms with E-state index >= 15 is 0 Å². The number of hydrogen-bond donors (Lipinski definition) is 1. The largest absolute Gasteiger partial charge is 0.328 e. The van der Waals surface area contributed by atoms with Crippen LogP contribution in [0.1, 0.15) is 10.7 Å². The second kappa shape index (κ2) is 5.83. The topological polar surface area (TPSA) is 93.8 Å². The van der Waals surface area contributed by atoms with Crippen LogP contribution >= 0.6 is 0 Å². The van der Waals surface area contributed by atoms with Gasteiger partial charge < -0.3 is 9.84 Å². The van der Waals surface area contributed by atoms with Crippen LogP contribution in [-0.2, 0) is 0 Å². The molecule has 0 saturated carbocycles. The lowest BCUT2D eigenvalue weighted by Crippen LogP contribution is -2.14. The Morgan fingerprint density at radius 1 is 1.13 bits per heavy atom. The van der Waals surface area contributed by atoms with Gasteiger partial charge in [0.25, 0.3) is 0 Å². The predicted molar refractivity (Wildman–Crippen MR) is 69.6 cm³/mol. The van der Waals surface area contributed by atoms with Gasteiger partial charge in [0.05, 0.1) is 11.9 Å². The van der Waals surface area contributed by atoms with Crippen molar-refractivity contribution in [3.63, 3.8) is 0 Å². The monoisotopic (exact) mass is 321 g/mol. The molecule has 0 bridgehead atoms. The van der Waals surface area contributed by atoms with E-state index in [1.807, 2.05) is 5.32 Å². The van der Waals surface area contributed by atoms with Crippen LogP contribution in [0.15, 0.2) is 35.2 Å². The number of benzene rings is 1. The molecule has 1 amide bonds. The van der Waals surface area contributed by atoms with Gasteiger partial charge in [0.1, 0.15) is 5.69 Å². The minimum atomic E-state index is -1.70. The van der Waals surface area contributed by atoms with E-state index in [1.165, 1.54) is 18.6 Å². The van der Waals surface area contributed by atoms with Gasteiger partial charge in [-0.2, -0.15) is 4.98 Å². The van der Waals surface area contributed by atoms with Crippen LogP contribution in [-0.4, -0.2) is 26.0 Å². The average Bonchev–Trinajstić information content (AvgIpc) is 3.06. The zero-order chi connectivity index (χ0) is 16.4. The Bertz CT molecular complexity index is 869. The third-order valence-corrected chi connectivity index (χ3v) is 2.70. The fourth-order valence-corrected chi connectivity index (χ4v) is 1.63. The highest BCUT2D eigenvalue weighted by atomic mass is 19.2. The Balaban J connectivity index is 1.82. The molecule has 0 radical (unpaired) electrons. The Hall–Kier alpha value is -3.30. The average molecular weight is 321 g/mol. The number of amides is 1. The van der Waals surface area contributed by atoms with Crippen LogP contribution < -0.4 is 5.32 Å². The number of carbonyl (C=O) groups is 1. The summed E-state index contributed by atoms with van der Waals surface area (Å²) in [4.78, 5) is 23.4. The Kier molecular flexibility index (Phi) is 3.71. The fraction of sp³-hybridized carbons (Fsp3) is 0.